The molecule has 7 aromatic carbocycles. The zero-order valence-electron chi connectivity index (χ0n) is 28.4. The van der Waals surface area contributed by atoms with E-state index in [2.05, 4.69) is 180 Å². The fourth-order valence-electron chi connectivity index (χ4n) is 6.86. The van der Waals surface area contributed by atoms with Gasteiger partial charge in [-0.3, -0.25) is 4.90 Å². The Morgan fingerprint density at radius 1 is 0.404 bits per heavy atom. The Morgan fingerprint density at radius 3 is 1.73 bits per heavy atom. The van der Waals surface area contributed by atoms with Crippen LogP contribution in [0.3, 0.4) is 0 Å². The maximum Gasteiger partial charge on any atom is 0.162 e. The molecular weight excluding hydrogens is 633 g/mol. The van der Waals surface area contributed by atoms with Crippen molar-refractivity contribution in [3.63, 3.8) is 0 Å². The van der Waals surface area contributed by atoms with Gasteiger partial charge in [0.25, 0.3) is 0 Å². The molecule has 0 aliphatic carbocycles. The van der Waals surface area contributed by atoms with Gasteiger partial charge in [0.05, 0.1) is 17.1 Å². The van der Waals surface area contributed by atoms with Gasteiger partial charge in [-0.25, -0.2) is 9.97 Å². The van der Waals surface area contributed by atoms with Crippen molar-refractivity contribution in [3.05, 3.63) is 199 Å². The number of para-hydroxylation sites is 2. The first kappa shape index (κ1) is 31.0. The van der Waals surface area contributed by atoms with E-state index in [1.54, 1.807) is 0 Å². The van der Waals surface area contributed by atoms with Gasteiger partial charge in [-0.05, 0) is 64.2 Å². The third-order valence-corrected chi connectivity index (χ3v) is 9.42. The standard InChI is InChI=1S/C48H34N4/c1-5-15-34(16-6-1)42-29-27-39(32-44(42)49-41-22-11-4-12-23-41)38-28-30-46-40(31-38)26-25-36-19-13-14-24-45(36)52(46)47-33-43(35-17-7-2-8-18-35)50-48(51-47)37-20-9-3-10-21-37/h1-33,49H. The van der Waals surface area contributed by atoms with Crippen LogP contribution >= 0.6 is 0 Å². The lowest BCUT2D eigenvalue weighted by Crippen LogP contribution is -2.14. The van der Waals surface area contributed by atoms with Crippen molar-refractivity contribution < 1.29 is 0 Å². The van der Waals surface area contributed by atoms with E-state index in [0.717, 1.165) is 73.2 Å². The van der Waals surface area contributed by atoms with Gasteiger partial charge in [0, 0.05) is 34.1 Å². The zero-order valence-corrected chi connectivity index (χ0v) is 28.4. The van der Waals surface area contributed by atoms with Gasteiger partial charge in [-0.1, -0.05) is 158 Å². The number of benzene rings is 7. The summed E-state index contributed by atoms with van der Waals surface area (Å²) < 4.78 is 0. The largest absolute Gasteiger partial charge is 0.355 e. The SMILES string of the molecule is C1=Cc2cc(-c3ccc(-c4ccccc4)c(Nc4ccccc4)c3)ccc2N(c2cc(-c3ccccc3)nc(-c3ccccc3)n2)c2ccccc21. The number of aromatic nitrogens is 2. The number of rotatable bonds is 7. The van der Waals surface area contributed by atoms with Crippen molar-refractivity contribution in [2.75, 3.05) is 10.2 Å². The van der Waals surface area contributed by atoms with Gasteiger partial charge in [0.2, 0.25) is 0 Å². The highest BCUT2D eigenvalue weighted by Gasteiger charge is 2.23. The second-order valence-electron chi connectivity index (χ2n) is 12.8. The van der Waals surface area contributed by atoms with E-state index < -0.39 is 0 Å². The van der Waals surface area contributed by atoms with Crippen molar-refractivity contribution in [3.8, 4) is 44.9 Å². The highest BCUT2D eigenvalue weighted by Crippen LogP contribution is 2.44. The minimum Gasteiger partial charge on any atom is -0.355 e. The van der Waals surface area contributed by atoms with Gasteiger partial charge in [0.15, 0.2) is 5.82 Å². The maximum atomic E-state index is 5.24. The summed E-state index contributed by atoms with van der Waals surface area (Å²) in [5, 5.41) is 3.70. The Balaban J connectivity index is 1.19. The molecule has 2 heterocycles. The van der Waals surface area contributed by atoms with Crippen molar-refractivity contribution in [1.82, 2.24) is 9.97 Å². The molecule has 52 heavy (non-hydrogen) atoms. The normalized spacial score (nSPS) is 11.7. The zero-order chi connectivity index (χ0) is 34.7. The fourth-order valence-corrected chi connectivity index (χ4v) is 6.86. The average Bonchev–Trinajstić information content (AvgIpc) is 3.39. The third kappa shape index (κ3) is 6.14. The molecule has 1 N–H and O–H groups in total. The summed E-state index contributed by atoms with van der Waals surface area (Å²) in [6, 6.07) is 65.4. The quantitative estimate of drug-likeness (QED) is 0.184. The van der Waals surface area contributed by atoms with E-state index in [1.807, 2.05) is 30.3 Å². The van der Waals surface area contributed by atoms with Crippen molar-refractivity contribution in [2.45, 2.75) is 0 Å². The highest BCUT2D eigenvalue weighted by atomic mass is 15.2. The second kappa shape index (κ2) is 13.7. The summed E-state index contributed by atoms with van der Waals surface area (Å²) in [6.45, 7) is 0. The summed E-state index contributed by atoms with van der Waals surface area (Å²) in [5.41, 5.74) is 13.9. The van der Waals surface area contributed by atoms with E-state index in [0.29, 0.717) is 5.82 Å². The van der Waals surface area contributed by atoms with Crippen LogP contribution in [-0.4, -0.2) is 9.97 Å². The maximum absolute atomic E-state index is 5.24. The number of nitrogens with one attached hydrogen (secondary N) is 1. The average molecular weight is 667 g/mol. The highest BCUT2D eigenvalue weighted by molar-refractivity contribution is 5.95. The molecule has 1 aliphatic heterocycles. The number of hydrogen-bond acceptors (Lipinski definition) is 4. The van der Waals surface area contributed by atoms with Crippen molar-refractivity contribution in [1.29, 1.82) is 0 Å². The molecule has 4 heteroatoms. The van der Waals surface area contributed by atoms with Crippen LogP contribution in [0.1, 0.15) is 11.1 Å². The van der Waals surface area contributed by atoms with Gasteiger partial charge in [-0.2, -0.15) is 0 Å². The molecule has 0 unspecified atom stereocenters. The Hall–Kier alpha value is -7.04. The molecule has 0 bridgehead atoms. The number of nitrogens with zero attached hydrogens (tertiary/aromatic N) is 3. The molecule has 0 radical (unpaired) electrons. The predicted molar refractivity (Wildman–Crippen MR) is 217 cm³/mol. The lowest BCUT2D eigenvalue weighted by molar-refractivity contribution is 1.12. The molecule has 246 valence electrons. The molecule has 1 aromatic heterocycles. The van der Waals surface area contributed by atoms with Crippen molar-refractivity contribution >= 4 is 40.7 Å². The molecule has 0 saturated carbocycles. The third-order valence-electron chi connectivity index (χ3n) is 9.42. The van der Waals surface area contributed by atoms with E-state index in [-0.39, 0.29) is 0 Å². The Kier molecular flexibility index (Phi) is 8.16. The summed E-state index contributed by atoms with van der Waals surface area (Å²) in [7, 11) is 0. The molecule has 1 aliphatic rings. The van der Waals surface area contributed by atoms with Crippen LogP contribution in [0.2, 0.25) is 0 Å². The van der Waals surface area contributed by atoms with Crippen LogP contribution in [0.5, 0.6) is 0 Å². The lowest BCUT2D eigenvalue weighted by atomic mass is 9.96. The van der Waals surface area contributed by atoms with Crippen LogP contribution in [0.25, 0.3) is 57.1 Å². The van der Waals surface area contributed by atoms with Gasteiger partial charge in [0.1, 0.15) is 5.82 Å². The van der Waals surface area contributed by atoms with Crippen LogP contribution in [0.4, 0.5) is 28.6 Å². The first-order valence-electron chi connectivity index (χ1n) is 17.5. The van der Waals surface area contributed by atoms with Gasteiger partial charge >= 0.3 is 0 Å². The van der Waals surface area contributed by atoms with Crippen LogP contribution in [0, 0.1) is 0 Å². The minimum atomic E-state index is 0.682. The number of fused-ring (bicyclic) bond motifs is 2. The molecule has 0 fully saturated rings. The van der Waals surface area contributed by atoms with E-state index in [1.165, 1.54) is 5.56 Å². The number of anilines is 5. The first-order chi connectivity index (χ1) is 25.8. The molecular formula is C48H34N4. The van der Waals surface area contributed by atoms with Crippen molar-refractivity contribution in [2.24, 2.45) is 0 Å². The minimum absolute atomic E-state index is 0.682. The molecule has 0 amide bonds. The summed E-state index contributed by atoms with van der Waals surface area (Å²) in [5.74, 6) is 1.49. The Bertz CT molecular complexity index is 2470. The Morgan fingerprint density at radius 2 is 0.981 bits per heavy atom. The lowest BCUT2D eigenvalue weighted by Gasteiger charge is -2.27. The predicted octanol–water partition coefficient (Wildman–Crippen LogP) is 12.8. The summed E-state index contributed by atoms with van der Waals surface area (Å²) >= 11 is 0. The molecule has 0 atom stereocenters. The van der Waals surface area contributed by atoms with Gasteiger partial charge in [-0.15, -0.1) is 0 Å². The molecule has 8 aromatic rings. The summed E-state index contributed by atoms with van der Waals surface area (Å²) in [6.07, 6.45) is 4.42. The van der Waals surface area contributed by atoms with Crippen LogP contribution in [0.15, 0.2) is 188 Å². The van der Waals surface area contributed by atoms with Crippen LogP contribution < -0.4 is 10.2 Å². The Labute approximate surface area is 304 Å². The summed E-state index contributed by atoms with van der Waals surface area (Å²) in [4.78, 5) is 12.6. The first-order valence-corrected chi connectivity index (χ1v) is 17.5. The molecule has 0 saturated heterocycles. The second-order valence-corrected chi connectivity index (χ2v) is 12.8. The van der Waals surface area contributed by atoms with E-state index in [9.17, 15) is 0 Å². The van der Waals surface area contributed by atoms with Crippen LogP contribution in [-0.2, 0) is 0 Å². The smallest absolute Gasteiger partial charge is 0.162 e. The molecule has 4 nitrogen and oxygen atoms in total. The number of hydrogen-bond donors (Lipinski definition) is 1. The molecule has 0 spiro atoms. The fraction of sp³-hybridized carbons (Fsp3) is 0. The van der Waals surface area contributed by atoms with E-state index >= 15 is 0 Å². The monoisotopic (exact) mass is 666 g/mol. The van der Waals surface area contributed by atoms with E-state index in [4.69, 9.17) is 9.97 Å². The van der Waals surface area contributed by atoms with Gasteiger partial charge < -0.3 is 5.32 Å². The topological polar surface area (TPSA) is 41.0 Å². The molecule has 9 rings (SSSR count).